The van der Waals surface area contributed by atoms with E-state index < -0.39 is 5.92 Å². The number of nitrogens with one attached hydrogen (secondary N) is 4. The molecule has 0 radical (unpaired) electrons. The Morgan fingerprint density at radius 3 is 1.96 bits per heavy atom. The molecule has 0 saturated heterocycles. The summed E-state index contributed by atoms with van der Waals surface area (Å²) in [5.41, 5.74) is 2.72. The van der Waals surface area contributed by atoms with Gasteiger partial charge in [0.15, 0.2) is 0 Å². The molecule has 3 rings (SSSR count). The van der Waals surface area contributed by atoms with E-state index in [2.05, 4.69) is 20.4 Å². The van der Waals surface area contributed by atoms with Gasteiger partial charge in [0.25, 0.3) is 11.1 Å². The van der Waals surface area contributed by atoms with Gasteiger partial charge in [-0.25, -0.2) is 0 Å². The molecule has 132 valence electrons. The SMILES string of the molecule is CCCOc1ccccc1C(c1c(C)[nH][nH]c1=O)c1c(C)[nH][nH]c1=O. The average molecular weight is 342 g/mol. The normalized spacial score (nSPS) is 11.2. The first-order valence-electron chi connectivity index (χ1n) is 8.30. The molecule has 0 atom stereocenters. The summed E-state index contributed by atoms with van der Waals surface area (Å²) < 4.78 is 5.88. The summed E-state index contributed by atoms with van der Waals surface area (Å²) in [5.74, 6) is 0.146. The molecule has 25 heavy (non-hydrogen) atoms. The van der Waals surface area contributed by atoms with Gasteiger partial charge in [0.1, 0.15) is 5.75 Å². The minimum absolute atomic E-state index is 0.243. The third kappa shape index (κ3) is 3.05. The molecule has 7 nitrogen and oxygen atoms in total. The molecule has 0 amide bonds. The zero-order valence-corrected chi connectivity index (χ0v) is 14.5. The van der Waals surface area contributed by atoms with Gasteiger partial charge in [0.05, 0.1) is 23.7 Å². The lowest BCUT2D eigenvalue weighted by Gasteiger charge is -2.19. The molecule has 0 spiro atoms. The highest BCUT2D eigenvalue weighted by Gasteiger charge is 2.30. The number of rotatable bonds is 6. The van der Waals surface area contributed by atoms with Crippen LogP contribution in [0, 0.1) is 13.8 Å². The number of aromatic nitrogens is 4. The molecule has 0 fully saturated rings. The van der Waals surface area contributed by atoms with Crippen molar-refractivity contribution in [3.05, 3.63) is 73.1 Å². The fraction of sp³-hybridized carbons (Fsp3) is 0.333. The Kier molecular flexibility index (Phi) is 4.65. The number of para-hydroxylation sites is 1. The van der Waals surface area contributed by atoms with Crippen LogP contribution in [-0.4, -0.2) is 27.0 Å². The zero-order chi connectivity index (χ0) is 18.0. The van der Waals surface area contributed by atoms with Gasteiger partial charge in [-0.15, -0.1) is 0 Å². The maximum atomic E-state index is 12.4. The van der Waals surface area contributed by atoms with Crippen molar-refractivity contribution in [2.24, 2.45) is 0 Å². The summed E-state index contributed by atoms with van der Waals surface area (Å²) in [4.78, 5) is 24.9. The monoisotopic (exact) mass is 342 g/mol. The minimum Gasteiger partial charge on any atom is -0.493 e. The van der Waals surface area contributed by atoms with Gasteiger partial charge in [-0.05, 0) is 26.3 Å². The summed E-state index contributed by atoms with van der Waals surface area (Å²) in [5, 5.41) is 10.9. The van der Waals surface area contributed by atoms with Gasteiger partial charge in [0, 0.05) is 17.0 Å². The highest BCUT2D eigenvalue weighted by molar-refractivity contribution is 5.50. The smallest absolute Gasteiger partial charge is 0.268 e. The van der Waals surface area contributed by atoms with E-state index in [9.17, 15) is 9.59 Å². The Morgan fingerprint density at radius 2 is 1.48 bits per heavy atom. The molecule has 0 bridgehead atoms. The van der Waals surface area contributed by atoms with Gasteiger partial charge in [-0.2, -0.15) is 0 Å². The van der Waals surface area contributed by atoms with Crippen LogP contribution < -0.4 is 15.9 Å². The maximum Gasteiger partial charge on any atom is 0.268 e. The van der Waals surface area contributed by atoms with Crippen molar-refractivity contribution in [3.63, 3.8) is 0 Å². The number of hydrogen-bond donors (Lipinski definition) is 4. The van der Waals surface area contributed by atoms with Gasteiger partial charge in [0.2, 0.25) is 0 Å². The third-order valence-corrected chi connectivity index (χ3v) is 4.29. The molecule has 7 heteroatoms. The van der Waals surface area contributed by atoms with E-state index in [0.29, 0.717) is 34.9 Å². The van der Waals surface area contributed by atoms with E-state index >= 15 is 0 Å². The third-order valence-electron chi connectivity index (χ3n) is 4.29. The number of benzene rings is 1. The predicted octanol–water partition coefficient (Wildman–Crippen LogP) is 2.31. The van der Waals surface area contributed by atoms with Crippen LogP contribution in [0.4, 0.5) is 0 Å². The molecule has 0 aliphatic carbocycles. The summed E-state index contributed by atoms with van der Waals surface area (Å²) in [6.07, 6.45) is 0.868. The first kappa shape index (κ1) is 16.9. The lowest BCUT2D eigenvalue weighted by atomic mass is 9.85. The molecule has 0 unspecified atom stereocenters. The van der Waals surface area contributed by atoms with E-state index in [-0.39, 0.29) is 11.1 Å². The number of H-pyrrole nitrogens is 4. The molecular formula is C18H22N4O3. The first-order valence-corrected chi connectivity index (χ1v) is 8.30. The summed E-state index contributed by atoms with van der Waals surface area (Å²) in [7, 11) is 0. The molecule has 2 heterocycles. The van der Waals surface area contributed by atoms with E-state index in [0.717, 1.165) is 12.0 Å². The van der Waals surface area contributed by atoms with Crippen LogP contribution in [0.25, 0.3) is 0 Å². The maximum absolute atomic E-state index is 12.4. The summed E-state index contributed by atoms with van der Waals surface area (Å²) in [6.45, 7) is 6.22. The largest absolute Gasteiger partial charge is 0.493 e. The van der Waals surface area contributed by atoms with E-state index in [1.54, 1.807) is 0 Å². The van der Waals surface area contributed by atoms with Crippen LogP contribution in [0.2, 0.25) is 0 Å². The second kappa shape index (κ2) is 6.88. The van der Waals surface area contributed by atoms with Crippen molar-refractivity contribution in [2.45, 2.75) is 33.1 Å². The second-order valence-electron chi connectivity index (χ2n) is 6.05. The zero-order valence-electron chi connectivity index (χ0n) is 14.5. The highest BCUT2D eigenvalue weighted by atomic mass is 16.5. The molecule has 2 aromatic heterocycles. The predicted molar refractivity (Wildman–Crippen MR) is 95.5 cm³/mol. The van der Waals surface area contributed by atoms with Crippen molar-refractivity contribution in [2.75, 3.05) is 6.61 Å². The lowest BCUT2D eigenvalue weighted by molar-refractivity contribution is 0.313. The number of aromatic amines is 4. The van der Waals surface area contributed by atoms with Crippen LogP contribution in [-0.2, 0) is 0 Å². The molecule has 1 aromatic carbocycles. The first-order chi connectivity index (χ1) is 12.0. The molecule has 0 aliphatic heterocycles. The van der Waals surface area contributed by atoms with Crippen molar-refractivity contribution in [1.82, 2.24) is 20.4 Å². The standard InChI is InChI=1S/C18H22N4O3/c1-4-9-25-13-8-6-5-7-12(13)16(14-10(2)19-21-17(14)23)15-11(3)20-22-18(15)24/h5-8,16H,4,9H2,1-3H3,(H2,19,21,23)(H2,20,22,24). The minimum atomic E-state index is -0.530. The van der Waals surface area contributed by atoms with E-state index in [1.807, 2.05) is 45.0 Å². The van der Waals surface area contributed by atoms with Crippen LogP contribution in [0.1, 0.15) is 47.3 Å². The van der Waals surface area contributed by atoms with E-state index in [4.69, 9.17) is 4.74 Å². The Bertz CT molecular complexity index is 922. The van der Waals surface area contributed by atoms with Crippen molar-refractivity contribution >= 4 is 0 Å². The average Bonchev–Trinajstić information content (AvgIpc) is 3.11. The lowest BCUT2D eigenvalue weighted by Crippen LogP contribution is -2.21. The molecular weight excluding hydrogens is 320 g/mol. The second-order valence-corrected chi connectivity index (χ2v) is 6.05. The quantitative estimate of drug-likeness (QED) is 0.552. The van der Waals surface area contributed by atoms with E-state index in [1.165, 1.54) is 0 Å². The van der Waals surface area contributed by atoms with Gasteiger partial charge < -0.3 is 14.9 Å². The topological polar surface area (TPSA) is 107 Å². The fourth-order valence-electron chi connectivity index (χ4n) is 3.12. The van der Waals surface area contributed by atoms with Crippen molar-refractivity contribution in [3.8, 4) is 5.75 Å². The molecule has 4 N–H and O–H groups in total. The Labute approximate surface area is 144 Å². The molecule has 3 aromatic rings. The molecule has 0 saturated carbocycles. The van der Waals surface area contributed by atoms with Crippen LogP contribution in [0.5, 0.6) is 5.75 Å². The highest BCUT2D eigenvalue weighted by Crippen LogP contribution is 2.36. The Morgan fingerprint density at radius 1 is 0.920 bits per heavy atom. The van der Waals surface area contributed by atoms with Gasteiger partial charge in [-0.3, -0.25) is 19.8 Å². The summed E-state index contributed by atoms with van der Waals surface area (Å²) >= 11 is 0. The van der Waals surface area contributed by atoms with Crippen molar-refractivity contribution < 1.29 is 4.74 Å². The number of ether oxygens (including phenoxy) is 1. The fourth-order valence-corrected chi connectivity index (χ4v) is 3.12. The van der Waals surface area contributed by atoms with Crippen LogP contribution in [0.15, 0.2) is 33.9 Å². The Balaban J connectivity index is 2.27. The van der Waals surface area contributed by atoms with Gasteiger partial charge in [-0.1, -0.05) is 25.1 Å². The Hall–Kier alpha value is -2.96. The number of aryl methyl sites for hydroxylation is 2. The number of hydrogen-bond acceptors (Lipinski definition) is 3. The molecule has 0 aliphatic rings. The van der Waals surface area contributed by atoms with Crippen LogP contribution >= 0.6 is 0 Å². The summed E-state index contributed by atoms with van der Waals surface area (Å²) in [6, 6.07) is 7.53. The van der Waals surface area contributed by atoms with Gasteiger partial charge >= 0.3 is 0 Å². The van der Waals surface area contributed by atoms with Crippen molar-refractivity contribution in [1.29, 1.82) is 0 Å². The van der Waals surface area contributed by atoms with Crippen LogP contribution in [0.3, 0.4) is 0 Å².